The Bertz CT molecular complexity index is 668. The van der Waals surface area contributed by atoms with E-state index < -0.39 is 0 Å². The maximum atomic E-state index is 6.18. The highest BCUT2D eigenvalue weighted by Gasteiger charge is 2.37. The second-order valence-electron chi connectivity index (χ2n) is 4.98. The van der Waals surface area contributed by atoms with Crippen LogP contribution in [0.2, 0.25) is 5.15 Å². The van der Waals surface area contributed by atoms with Crippen molar-refractivity contribution in [3.63, 3.8) is 0 Å². The van der Waals surface area contributed by atoms with Crippen molar-refractivity contribution in [1.29, 1.82) is 0 Å². The molecule has 1 aliphatic rings. The predicted octanol–water partition coefficient (Wildman–Crippen LogP) is 2.36. The van der Waals surface area contributed by atoms with Gasteiger partial charge in [-0.05, 0) is 0 Å². The van der Waals surface area contributed by atoms with Crippen LogP contribution in [0.3, 0.4) is 0 Å². The first-order valence-electron chi connectivity index (χ1n) is 6.80. The Balaban J connectivity index is 1.95. The monoisotopic (exact) mass is 438 g/mol. The van der Waals surface area contributed by atoms with Crippen LogP contribution in [0.5, 0.6) is 0 Å². The summed E-state index contributed by atoms with van der Waals surface area (Å²) in [5.41, 5.74) is 1.27. The molecule has 3 atom stereocenters. The van der Waals surface area contributed by atoms with Crippen LogP contribution in [0.4, 0.5) is 0 Å². The molecule has 0 radical (unpaired) electrons. The minimum atomic E-state index is -0.205. The minimum Gasteiger partial charge on any atom is -0.382 e. The number of aromatic nitrogens is 4. The number of methoxy groups -OCH3 is 2. The van der Waals surface area contributed by atoms with Gasteiger partial charge in [-0.3, -0.25) is 4.57 Å². The molecule has 2 aromatic heterocycles. The summed E-state index contributed by atoms with van der Waals surface area (Å²) in [6.07, 6.45) is 2.05. The average molecular weight is 439 g/mol. The normalized spacial score (nSPS) is 25.2. The number of imidazole rings is 1. The van der Waals surface area contributed by atoms with Gasteiger partial charge in [0.25, 0.3) is 0 Å². The fourth-order valence-electron chi connectivity index (χ4n) is 2.63. The molecule has 7 nitrogen and oxygen atoms in total. The second kappa shape index (κ2) is 6.91. The van der Waals surface area contributed by atoms with Crippen molar-refractivity contribution in [3.05, 3.63) is 17.3 Å². The maximum absolute atomic E-state index is 6.18. The Morgan fingerprint density at radius 2 is 2.27 bits per heavy atom. The molecule has 3 rings (SSSR count). The standard InChI is InChI=1S/C13H16ClIN4O3/c1-20-5-8-7(21-2)3-10(22-8)19-6-16-11-12(14)17-9(4-15)18-13(11)19/h6-8,10H,3-5H2,1-2H3/t7-,8-,10-/m1/s1. The van der Waals surface area contributed by atoms with Crippen LogP contribution in [-0.4, -0.2) is 52.6 Å². The minimum absolute atomic E-state index is 0.0243. The SMILES string of the molecule is COC[C@H]1O[C@@H](n2cnc3c(Cl)nc(CI)nc32)C[C@H]1OC. The molecular formula is C13H16ClIN4O3. The van der Waals surface area contributed by atoms with Crippen molar-refractivity contribution in [3.8, 4) is 0 Å². The zero-order chi connectivity index (χ0) is 15.7. The first-order chi connectivity index (χ1) is 10.7. The van der Waals surface area contributed by atoms with Gasteiger partial charge in [-0.2, -0.15) is 0 Å². The van der Waals surface area contributed by atoms with Crippen LogP contribution in [0, 0.1) is 0 Å². The predicted molar refractivity (Wildman–Crippen MR) is 89.3 cm³/mol. The van der Waals surface area contributed by atoms with E-state index in [0.29, 0.717) is 39.6 Å². The lowest BCUT2D eigenvalue weighted by Crippen LogP contribution is -2.27. The smallest absolute Gasteiger partial charge is 0.167 e. The Kier molecular flexibility index (Phi) is 5.13. The summed E-state index contributed by atoms with van der Waals surface area (Å²) in [4.78, 5) is 13.1. The van der Waals surface area contributed by atoms with Crippen molar-refractivity contribution < 1.29 is 14.2 Å². The first-order valence-corrected chi connectivity index (χ1v) is 8.70. The Morgan fingerprint density at radius 3 is 2.95 bits per heavy atom. The molecule has 1 fully saturated rings. The lowest BCUT2D eigenvalue weighted by Gasteiger charge is -2.16. The van der Waals surface area contributed by atoms with Crippen molar-refractivity contribution in [2.24, 2.45) is 0 Å². The summed E-state index contributed by atoms with van der Waals surface area (Å²) < 4.78 is 19.3. The molecule has 0 amide bonds. The topological polar surface area (TPSA) is 71.3 Å². The quantitative estimate of drug-likeness (QED) is 0.405. The molecule has 2 aromatic rings. The average Bonchev–Trinajstić information content (AvgIpc) is 3.11. The third kappa shape index (κ3) is 2.94. The molecular weight excluding hydrogens is 423 g/mol. The third-order valence-corrected chi connectivity index (χ3v) is 4.61. The number of halogens is 2. The number of rotatable bonds is 5. The highest BCUT2D eigenvalue weighted by atomic mass is 127. The fourth-order valence-corrected chi connectivity index (χ4v) is 3.20. The molecule has 1 saturated heterocycles. The number of fused-ring (bicyclic) bond motifs is 1. The highest BCUT2D eigenvalue weighted by Crippen LogP contribution is 2.33. The van der Waals surface area contributed by atoms with Gasteiger partial charge in [0, 0.05) is 20.6 Å². The zero-order valence-corrected chi connectivity index (χ0v) is 15.1. The molecule has 0 aliphatic carbocycles. The lowest BCUT2D eigenvalue weighted by molar-refractivity contribution is -0.0597. The van der Waals surface area contributed by atoms with Crippen LogP contribution < -0.4 is 0 Å². The van der Waals surface area contributed by atoms with Crippen LogP contribution in [-0.2, 0) is 18.6 Å². The van der Waals surface area contributed by atoms with Gasteiger partial charge < -0.3 is 14.2 Å². The van der Waals surface area contributed by atoms with E-state index in [0.717, 1.165) is 0 Å². The van der Waals surface area contributed by atoms with E-state index in [1.54, 1.807) is 20.5 Å². The van der Waals surface area contributed by atoms with E-state index in [1.165, 1.54) is 0 Å². The van der Waals surface area contributed by atoms with Gasteiger partial charge in [0.05, 0.1) is 23.5 Å². The number of ether oxygens (including phenoxy) is 3. The van der Waals surface area contributed by atoms with Gasteiger partial charge in [-0.25, -0.2) is 15.0 Å². The van der Waals surface area contributed by atoms with E-state index in [-0.39, 0.29) is 18.4 Å². The number of hydrogen-bond donors (Lipinski definition) is 0. The van der Waals surface area contributed by atoms with Gasteiger partial charge in [0.1, 0.15) is 23.7 Å². The van der Waals surface area contributed by atoms with E-state index in [4.69, 9.17) is 25.8 Å². The molecule has 0 unspecified atom stereocenters. The van der Waals surface area contributed by atoms with Gasteiger partial charge >= 0.3 is 0 Å². The van der Waals surface area contributed by atoms with Gasteiger partial charge in [-0.1, -0.05) is 34.2 Å². The first kappa shape index (κ1) is 16.3. The number of alkyl halides is 1. The Hall–Kier alpha value is -0.550. The summed E-state index contributed by atoms with van der Waals surface area (Å²) in [5, 5.41) is 0.366. The largest absolute Gasteiger partial charge is 0.382 e. The zero-order valence-electron chi connectivity index (χ0n) is 12.2. The highest BCUT2D eigenvalue weighted by molar-refractivity contribution is 14.1. The van der Waals surface area contributed by atoms with Crippen molar-refractivity contribution in [2.75, 3.05) is 20.8 Å². The van der Waals surface area contributed by atoms with Crippen LogP contribution in [0.25, 0.3) is 11.2 Å². The maximum Gasteiger partial charge on any atom is 0.167 e. The molecule has 0 aromatic carbocycles. The Morgan fingerprint density at radius 1 is 1.45 bits per heavy atom. The van der Waals surface area contributed by atoms with E-state index in [2.05, 4.69) is 37.5 Å². The van der Waals surface area contributed by atoms with Crippen LogP contribution in [0.1, 0.15) is 18.5 Å². The van der Waals surface area contributed by atoms with Crippen molar-refractivity contribution in [1.82, 2.24) is 19.5 Å². The van der Waals surface area contributed by atoms with E-state index in [1.807, 2.05) is 4.57 Å². The summed E-state index contributed by atoms with van der Waals surface area (Å²) in [6.45, 7) is 0.483. The van der Waals surface area contributed by atoms with Crippen molar-refractivity contribution >= 4 is 45.4 Å². The molecule has 120 valence electrons. The molecule has 0 N–H and O–H groups in total. The van der Waals surface area contributed by atoms with Gasteiger partial charge in [-0.15, -0.1) is 0 Å². The van der Waals surface area contributed by atoms with E-state index >= 15 is 0 Å². The number of hydrogen-bond acceptors (Lipinski definition) is 6. The number of nitrogens with zero attached hydrogens (tertiary/aromatic N) is 4. The summed E-state index contributed by atoms with van der Waals surface area (Å²) in [6, 6.07) is 0. The lowest BCUT2D eigenvalue weighted by atomic mass is 10.2. The molecule has 9 heteroatoms. The second-order valence-corrected chi connectivity index (χ2v) is 6.10. The van der Waals surface area contributed by atoms with Crippen LogP contribution >= 0.6 is 34.2 Å². The van der Waals surface area contributed by atoms with Gasteiger partial charge in [0.2, 0.25) is 0 Å². The molecule has 1 aliphatic heterocycles. The van der Waals surface area contributed by atoms with Crippen molar-refractivity contribution in [2.45, 2.75) is 29.3 Å². The molecule has 22 heavy (non-hydrogen) atoms. The molecule has 0 bridgehead atoms. The Labute approximate surface area is 146 Å². The third-order valence-electron chi connectivity index (χ3n) is 3.67. The molecule has 3 heterocycles. The summed E-state index contributed by atoms with van der Waals surface area (Å²) in [7, 11) is 3.33. The van der Waals surface area contributed by atoms with Gasteiger partial charge in [0.15, 0.2) is 10.8 Å². The van der Waals surface area contributed by atoms with Crippen LogP contribution in [0.15, 0.2) is 6.33 Å². The summed E-state index contributed by atoms with van der Waals surface area (Å²) in [5.74, 6) is 0.676. The fraction of sp³-hybridized carbons (Fsp3) is 0.615. The summed E-state index contributed by atoms with van der Waals surface area (Å²) >= 11 is 8.38. The molecule has 0 saturated carbocycles. The molecule has 0 spiro atoms. The van der Waals surface area contributed by atoms with E-state index in [9.17, 15) is 0 Å².